The van der Waals surface area contributed by atoms with Crippen molar-refractivity contribution in [3.8, 4) is 0 Å². The molecule has 1 aromatic heterocycles. The van der Waals surface area contributed by atoms with E-state index in [9.17, 15) is 9.59 Å². The van der Waals surface area contributed by atoms with Crippen molar-refractivity contribution in [2.75, 3.05) is 38.0 Å². The molecule has 0 saturated carbocycles. The Labute approximate surface area is 161 Å². The lowest BCUT2D eigenvalue weighted by Crippen LogP contribution is -2.49. The maximum Gasteiger partial charge on any atom is 0.289 e. The second-order valence-corrected chi connectivity index (χ2v) is 6.94. The van der Waals surface area contributed by atoms with Crippen LogP contribution in [0.5, 0.6) is 0 Å². The molecular weight excluding hydrogens is 377 g/mol. The second kappa shape index (κ2) is 8.58. The molecule has 6 nitrogen and oxygen atoms in total. The normalized spacial score (nSPS) is 15.1. The standard InChI is InChI=1S/C18H19Cl2N3O3/c19-13-10-14(20)12-15(11-13)21-17(24)3-4-22-5-7-23(8-6-22)18(25)16-2-1-9-26-16/h1-2,9-12H,3-8H2,(H,21,24). The Bertz CT molecular complexity index is 752. The van der Waals surface area contributed by atoms with E-state index in [1.165, 1.54) is 6.26 Å². The van der Waals surface area contributed by atoms with E-state index >= 15 is 0 Å². The maximum atomic E-state index is 12.2. The van der Waals surface area contributed by atoms with E-state index in [1.807, 2.05) is 0 Å². The number of nitrogens with one attached hydrogen (secondary N) is 1. The molecule has 2 aromatic rings. The van der Waals surface area contributed by atoms with Gasteiger partial charge in [-0.1, -0.05) is 23.2 Å². The summed E-state index contributed by atoms with van der Waals surface area (Å²) < 4.78 is 5.15. The van der Waals surface area contributed by atoms with Gasteiger partial charge in [0, 0.05) is 54.9 Å². The van der Waals surface area contributed by atoms with Gasteiger partial charge in [0.15, 0.2) is 5.76 Å². The lowest BCUT2D eigenvalue weighted by molar-refractivity contribution is -0.116. The van der Waals surface area contributed by atoms with Crippen LogP contribution in [0.2, 0.25) is 10.0 Å². The van der Waals surface area contributed by atoms with Crippen molar-refractivity contribution in [2.45, 2.75) is 6.42 Å². The lowest BCUT2D eigenvalue weighted by atomic mass is 10.2. The Hall–Kier alpha value is -2.02. The fourth-order valence-corrected chi connectivity index (χ4v) is 3.37. The van der Waals surface area contributed by atoms with Gasteiger partial charge in [-0.2, -0.15) is 0 Å². The number of rotatable bonds is 5. The molecule has 1 fully saturated rings. The van der Waals surface area contributed by atoms with Crippen molar-refractivity contribution in [1.82, 2.24) is 9.80 Å². The molecule has 8 heteroatoms. The van der Waals surface area contributed by atoms with Crippen molar-refractivity contribution in [1.29, 1.82) is 0 Å². The van der Waals surface area contributed by atoms with Crippen LogP contribution in [0.15, 0.2) is 41.0 Å². The Kier molecular flexibility index (Phi) is 6.19. The Morgan fingerprint density at radius 1 is 1.08 bits per heavy atom. The number of halogens is 2. The number of hydrogen-bond acceptors (Lipinski definition) is 4. The third-order valence-electron chi connectivity index (χ3n) is 4.19. The molecule has 138 valence electrons. The van der Waals surface area contributed by atoms with Crippen LogP contribution in [0.4, 0.5) is 5.69 Å². The van der Waals surface area contributed by atoms with Crippen molar-refractivity contribution in [3.63, 3.8) is 0 Å². The zero-order valence-electron chi connectivity index (χ0n) is 14.1. The molecule has 0 unspecified atom stereocenters. The Morgan fingerprint density at radius 3 is 2.38 bits per heavy atom. The van der Waals surface area contributed by atoms with Crippen LogP contribution in [-0.4, -0.2) is 54.3 Å². The molecule has 26 heavy (non-hydrogen) atoms. The van der Waals surface area contributed by atoms with E-state index in [-0.39, 0.29) is 11.8 Å². The Morgan fingerprint density at radius 2 is 1.77 bits per heavy atom. The predicted molar refractivity (Wildman–Crippen MR) is 101 cm³/mol. The average Bonchev–Trinajstić information content (AvgIpc) is 3.13. The zero-order chi connectivity index (χ0) is 18.5. The summed E-state index contributed by atoms with van der Waals surface area (Å²) in [6.45, 7) is 3.31. The molecule has 1 N–H and O–H groups in total. The monoisotopic (exact) mass is 395 g/mol. The first-order chi connectivity index (χ1) is 12.5. The molecule has 1 aliphatic heterocycles. The van der Waals surface area contributed by atoms with Crippen LogP contribution < -0.4 is 5.32 Å². The van der Waals surface area contributed by atoms with E-state index in [0.29, 0.717) is 47.5 Å². The smallest absolute Gasteiger partial charge is 0.289 e. The van der Waals surface area contributed by atoms with E-state index in [1.54, 1.807) is 35.2 Å². The van der Waals surface area contributed by atoms with Crippen LogP contribution in [0, 0.1) is 0 Å². The topological polar surface area (TPSA) is 65.8 Å². The van der Waals surface area contributed by atoms with Gasteiger partial charge in [0.1, 0.15) is 0 Å². The molecule has 3 rings (SSSR count). The van der Waals surface area contributed by atoms with Crippen LogP contribution in [0.25, 0.3) is 0 Å². The molecule has 0 atom stereocenters. The third kappa shape index (κ3) is 5.00. The van der Waals surface area contributed by atoms with E-state index in [2.05, 4.69) is 10.2 Å². The highest BCUT2D eigenvalue weighted by Crippen LogP contribution is 2.22. The fourth-order valence-electron chi connectivity index (χ4n) is 2.84. The van der Waals surface area contributed by atoms with Crippen molar-refractivity contribution >= 4 is 40.7 Å². The van der Waals surface area contributed by atoms with Crippen molar-refractivity contribution < 1.29 is 14.0 Å². The van der Waals surface area contributed by atoms with Gasteiger partial charge < -0.3 is 14.6 Å². The molecule has 1 aromatic carbocycles. The van der Waals surface area contributed by atoms with Gasteiger partial charge in [-0.3, -0.25) is 14.5 Å². The number of amides is 2. The number of benzene rings is 1. The highest BCUT2D eigenvalue weighted by Gasteiger charge is 2.23. The molecule has 0 bridgehead atoms. The lowest BCUT2D eigenvalue weighted by Gasteiger charge is -2.34. The first-order valence-electron chi connectivity index (χ1n) is 8.32. The van der Waals surface area contributed by atoms with Gasteiger partial charge in [-0.15, -0.1) is 0 Å². The van der Waals surface area contributed by atoms with Crippen LogP contribution in [0.3, 0.4) is 0 Å². The first-order valence-corrected chi connectivity index (χ1v) is 9.08. The number of furan rings is 1. The Balaban J connectivity index is 1.42. The summed E-state index contributed by atoms with van der Waals surface area (Å²) in [5.74, 6) is 0.167. The van der Waals surface area contributed by atoms with Crippen molar-refractivity contribution in [2.24, 2.45) is 0 Å². The number of carbonyl (C=O) groups is 2. The van der Waals surface area contributed by atoms with Gasteiger partial charge in [0.2, 0.25) is 5.91 Å². The molecule has 1 saturated heterocycles. The summed E-state index contributed by atoms with van der Waals surface area (Å²) in [6, 6.07) is 8.30. The van der Waals surface area contributed by atoms with E-state index in [4.69, 9.17) is 27.6 Å². The summed E-state index contributed by atoms with van der Waals surface area (Å²) in [6.07, 6.45) is 1.85. The summed E-state index contributed by atoms with van der Waals surface area (Å²) >= 11 is 11.9. The number of piperazine rings is 1. The van der Waals surface area contributed by atoms with Gasteiger partial charge >= 0.3 is 0 Å². The minimum Gasteiger partial charge on any atom is -0.459 e. The third-order valence-corrected chi connectivity index (χ3v) is 4.63. The minimum atomic E-state index is -0.0996. The fraction of sp³-hybridized carbons (Fsp3) is 0.333. The highest BCUT2D eigenvalue weighted by molar-refractivity contribution is 6.35. The molecular formula is C18H19Cl2N3O3. The number of hydrogen-bond donors (Lipinski definition) is 1. The SMILES string of the molecule is O=C(CCN1CCN(C(=O)c2ccco2)CC1)Nc1cc(Cl)cc(Cl)c1. The van der Waals surface area contributed by atoms with E-state index < -0.39 is 0 Å². The number of carbonyl (C=O) groups excluding carboxylic acids is 2. The molecule has 1 aliphatic rings. The maximum absolute atomic E-state index is 12.2. The summed E-state index contributed by atoms with van der Waals surface area (Å²) in [5.41, 5.74) is 0.585. The molecule has 2 heterocycles. The van der Waals surface area contributed by atoms with Crippen molar-refractivity contribution in [3.05, 3.63) is 52.4 Å². The van der Waals surface area contributed by atoms with Gasteiger partial charge in [0.05, 0.1) is 6.26 Å². The summed E-state index contributed by atoms with van der Waals surface area (Å²) in [5, 5.41) is 3.75. The number of nitrogens with zero attached hydrogens (tertiary/aromatic N) is 2. The van der Waals surface area contributed by atoms with Gasteiger partial charge in [-0.25, -0.2) is 0 Å². The van der Waals surface area contributed by atoms with Crippen LogP contribution >= 0.6 is 23.2 Å². The van der Waals surface area contributed by atoms with Crippen LogP contribution in [0.1, 0.15) is 17.0 Å². The average molecular weight is 396 g/mol. The van der Waals surface area contributed by atoms with E-state index in [0.717, 1.165) is 13.1 Å². The van der Waals surface area contributed by atoms with Gasteiger partial charge in [-0.05, 0) is 30.3 Å². The minimum absolute atomic E-state index is 0.0924. The summed E-state index contributed by atoms with van der Waals surface area (Å²) in [7, 11) is 0. The number of anilines is 1. The zero-order valence-corrected chi connectivity index (χ0v) is 15.6. The molecule has 0 aliphatic carbocycles. The predicted octanol–water partition coefficient (Wildman–Crippen LogP) is 3.37. The first kappa shape index (κ1) is 18.8. The van der Waals surface area contributed by atoms with Crippen LogP contribution in [-0.2, 0) is 4.79 Å². The quantitative estimate of drug-likeness (QED) is 0.842. The summed E-state index contributed by atoms with van der Waals surface area (Å²) in [4.78, 5) is 28.3. The highest BCUT2D eigenvalue weighted by atomic mass is 35.5. The van der Waals surface area contributed by atoms with Gasteiger partial charge in [0.25, 0.3) is 5.91 Å². The molecule has 0 spiro atoms. The largest absolute Gasteiger partial charge is 0.459 e. The molecule has 0 radical (unpaired) electrons. The second-order valence-electron chi connectivity index (χ2n) is 6.07. The molecule has 2 amide bonds.